The van der Waals surface area contributed by atoms with E-state index in [1.54, 1.807) is 60.7 Å². The quantitative estimate of drug-likeness (QED) is 0.363. The van der Waals surface area contributed by atoms with Gasteiger partial charge < -0.3 is 10.6 Å². The summed E-state index contributed by atoms with van der Waals surface area (Å²) in [6.07, 6.45) is 0. The molecule has 0 aliphatic rings. The Labute approximate surface area is 204 Å². The molecule has 0 radical (unpaired) electrons. The fourth-order valence-electron chi connectivity index (χ4n) is 3.75. The van der Waals surface area contributed by atoms with Crippen LogP contribution in [0.4, 0.5) is 11.4 Å². The third kappa shape index (κ3) is 5.65. The molecule has 0 fully saturated rings. The third-order valence-electron chi connectivity index (χ3n) is 5.36. The Morgan fingerprint density at radius 3 is 1.26 bits per heavy atom. The van der Waals surface area contributed by atoms with Crippen molar-refractivity contribution in [3.8, 4) is 22.3 Å². The second-order valence-electron chi connectivity index (χ2n) is 8.08. The first-order valence-electron chi connectivity index (χ1n) is 10.9. The lowest BCUT2D eigenvalue weighted by Gasteiger charge is -2.10. The zero-order valence-electron chi connectivity index (χ0n) is 19.3. The van der Waals surface area contributed by atoms with Crippen LogP contribution in [0.3, 0.4) is 0 Å². The maximum atomic E-state index is 13.2. The summed E-state index contributed by atoms with van der Waals surface area (Å²) in [6, 6.07) is 28.1. The van der Waals surface area contributed by atoms with Gasteiger partial charge in [0, 0.05) is 25.2 Å². The first-order chi connectivity index (χ1) is 16.7. The van der Waals surface area contributed by atoms with Gasteiger partial charge in [0.2, 0.25) is 21.7 Å². The number of benzene rings is 4. The summed E-state index contributed by atoms with van der Waals surface area (Å²) in [4.78, 5) is 23.0. The van der Waals surface area contributed by atoms with Gasteiger partial charge in [-0.1, -0.05) is 48.5 Å². The van der Waals surface area contributed by atoms with Crippen LogP contribution in [-0.4, -0.2) is 20.2 Å². The predicted molar refractivity (Wildman–Crippen MR) is 138 cm³/mol. The van der Waals surface area contributed by atoms with Crippen LogP contribution in [-0.2, 0) is 19.4 Å². The van der Waals surface area contributed by atoms with E-state index in [0.29, 0.717) is 11.4 Å². The maximum absolute atomic E-state index is 13.2. The number of carbonyl (C=O) groups excluding carboxylic acids is 2. The molecule has 4 aromatic rings. The molecule has 0 bridgehead atoms. The molecular formula is C28H24N2O4S. The van der Waals surface area contributed by atoms with E-state index in [1.165, 1.54) is 13.8 Å². The van der Waals surface area contributed by atoms with Gasteiger partial charge in [-0.2, -0.15) is 0 Å². The van der Waals surface area contributed by atoms with Crippen LogP contribution in [0.2, 0.25) is 0 Å². The largest absolute Gasteiger partial charge is 0.326 e. The van der Waals surface area contributed by atoms with Gasteiger partial charge in [0.15, 0.2) is 0 Å². The van der Waals surface area contributed by atoms with Crippen molar-refractivity contribution in [2.75, 3.05) is 10.6 Å². The molecule has 0 unspecified atom stereocenters. The third-order valence-corrected chi connectivity index (χ3v) is 7.15. The van der Waals surface area contributed by atoms with Crippen molar-refractivity contribution in [3.05, 3.63) is 97.1 Å². The molecule has 0 heterocycles. The molecule has 0 aromatic heterocycles. The van der Waals surface area contributed by atoms with Crippen LogP contribution in [0.15, 0.2) is 107 Å². The van der Waals surface area contributed by atoms with Crippen molar-refractivity contribution < 1.29 is 18.0 Å². The summed E-state index contributed by atoms with van der Waals surface area (Å²) < 4.78 is 26.4. The molecule has 0 aliphatic heterocycles. The lowest BCUT2D eigenvalue weighted by atomic mass is 10.1. The van der Waals surface area contributed by atoms with Crippen molar-refractivity contribution in [2.24, 2.45) is 0 Å². The molecule has 7 heteroatoms. The molecule has 0 saturated carbocycles. The minimum atomic E-state index is -3.70. The number of nitrogens with one attached hydrogen (secondary N) is 2. The van der Waals surface area contributed by atoms with Gasteiger partial charge in [-0.15, -0.1) is 0 Å². The first-order valence-corrected chi connectivity index (χ1v) is 12.4. The highest BCUT2D eigenvalue weighted by Gasteiger charge is 2.18. The van der Waals surface area contributed by atoms with Crippen LogP contribution in [0.5, 0.6) is 0 Å². The van der Waals surface area contributed by atoms with E-state index in [9.17, 15) is 18.0 Å². The van der Waals surface area contributed by atoms with E-state index in [1.807, 2.05) is 36.4 Å². The summed E-state index contributed by atoms with van der Waals surface area (Å²) in [5, 5.41) is 5.49. The highest BCUT2D eigenvalue weighted by Crippen LogP contribution is 2.29. The van der Waals surface area contributed by atoms with Crippen LogP contribution in [0, 0.1) is 0 Å². The van der Waals surface area contributed by atoms with Crippen LogP contribution in [0.1, 0.15) is 13.8 Å². The van der Waals surface area contributed by atoms with Crippen molar-refractivity contribution in [1.82, 2.24) is 0 Å². The predicted octanol–water partition coefficient (Wildman–Crippen LogP) is 5.77. The zero-order chi connectivity index (χ0) is 25.0. The number of rotatable bonds is 6. The van der Waals surface area contributed by atoms with Gasteiger partial charge in [0.1, 0.15) is 0 Å². The molecule has 2 N–H and O–H groups in total. The Kier molecular flexibility index (Phi) is 6.80. The second-order valence-corrected chi connectivity index (χ2v) is 10.0. The lowest BCUT2D eigenvalue weighted by molar-refractivity contribution is -0.115. The Morgan fingerprint density at radius 2 is 0.914 bits per heavy atom. The molecule has 2 amide bonds. The van der Waals surface area contributed by atoms with E-state index in [0.717, 1.165) is 22.3 Å². The average molecular weight is 485 g/mol. The second kappa shape index (κ2) is 9.95. The van der Waals surface area contributed by atoms with E-state index in [2.05, 4.69) is 10.6 Å². The minimum Gasteiger partial charge on any atom is -0.326 e. The number of amides is 2. The fraction of sp³-hybridized carbons (Fsp3) is 0.0714. The molecule has 0 spiro atoms. The topological polar surface area (TPSA) is 92.3 Å². The number of hydrogen-bond acceptors (Lipinski definition) is 4. The highest BCUT2D eigenvalue weighted by atomic mass is 32.2. The fourth-order valence-corrected chi connectivity index (χ4v) is 5.01. The van der Waals surface area contributed by atoms with Gasteiger partial charge in [0.25, 0.3) is 0 Å². The molecule has 176 valence electrons. The van der Waals surface area contributed by atoms with E-state index >= 15 is 0 Å². The standard InChI is InChI=1S/C28H24N2O4S/c1-19(31)29-25-7-3-5-23(17-25)21-9-13-27(14-10-21)35(33,34)28-15-11-22(12-16-28)24-6-4-8-26(18-24)30-20(2)32/h3-18H,1-2H3,(H,29,31)(H,30,32). The summed E-state index contributed by atoms with van der Waals surface area (Å²) in [5.41, 5.74) is 4.76. The van der Waals surface area contributed by atoms with Crippen molar-refractivity contribution in [2.45, 2.75) is 23.6 Å². The van der Waals surface area contributed by atoms with Gasteiger partial charge in [-0.3, -0.25) is 9.59 Å². The van der Waals surface area contributed by atoms with E-state index < -0.39 is 9.84 Å². The zero-order valence-corrected chi connectivity index (χ0v) is 20.1. The van der Waals surface area contributed by atoms with Crippen LogP contribution < -0.4 is 10.6 Å². The Hall–Kier alpha value is -4.23. The number of carbonyl (C=O) groups is 2. The molecular weight excluding hydrogens is 460 g/mol. The summed E-state index contributed by atoms with van der Waals surface area (Å²) in [5.74, 6) is -0.315. The molecule has 4 aromatic carbocycles. The Morgan fingerprint density at radius 1 is 0.543 bits per heavy atom. The summed E-state index contributed by atoms with van der Waals surface area (Å²) in [7, 11) is -3.70. The minimum absolute atomic E-state index is 0.157. The molecule has 35 heavy (non-hydrogen) atoms. The van der Waals surface area contributed by atoms with Crippen molar-refractivity contribution in [1.29, 1.82) is 0 Å². The highest BCUT2D eigenvalue weighted by molar-refractivity contribution is 7.91. The number of sulfone groups is 1. The van der Waals surface area contributed by atoms with E-state index in [-0.39, 0.29) is 21.6 Å². The van der Waals surface area contributed by atoms with Crippen molar-refractivity contribution >= 4 is 33.0 Å². The summed E-state index contributed by atoms with van der Waals surface area (Å²) >= 11 is 0. The maximum Gasteiger partial charge on any atom is 0.221 e. The molecule has 0 saturated heterocycles. The number of anilines is 2. The van der Waals surface area contributed by atoms with Crippen molar-refractivity contribution in [3.63, 3.8) is 0 Å². The SMILES string of the molecule is CC(=O)Nc1cccc(-c2ccc(S(=O)(=O)c3ccc(-c4cccc(NC(C)=O)c4)cc3)cc2)c1. The molecule has 6 nitrogen and oxygen atoms in total. The van der Waals surface area contributed by atoms with E-state index in [4.69, 9.17) is 0 Å². The number of hydrogen-bond donors (Lipinski definition) is 2. The Balaban J connectivity index is 1.56. The van der Waals surface area contributed by atoms with Crippen LogP contribution >= 0.6 is 0 Å². The smallest absolute Gasteiger partial charge is 0.221 e. The van der Waals surface area contributed by atoms with Gasteiger partial charge in [0.05, 0.1) is 9.79 Å². The monoisotopic (exact) mass is 484 g/mol. The summed E-state index contributed by atoms with van der Waals surface area (Å²) in [6.45, 7) is 2.89. The Bertz CT molecular complexity index is 1380. The van der Waals surface area contributed by atoms with Gasteiger partial charge >= 0.3 is 0 Å². The average Bonchev–Trinajstić information content (AvgIpc) is 2.84. The van der Waals surface area contributed by atoms with Crippen LogP contribution in [0.25, 0.3) is 22.3 Å². The lowest BCUT2D eigenvalue weighted by Crippen LogP contribution is -2.05. The first kappa shape index (κ1) is 23.9. The normalized spacial score (nSPS) is 11.0. The molecule has 0 aliphatic carbocycles. The molecule has 0 atom stereocenters. The van der Waals surface area contributed by atoms with Gasteiger partial charge in [-0.25, -0.2) is 8.42 Å². The molecule has 4 rings (SSSR count). The van der Waals surface area contributed by atoms with Gasteiger partial charge in [-0.05, 0) is 70.8 Å².